The molecule has 0 radical (unpaired) electrons. The minimum atomic E-state index is -0.276. The van der Waals surface area contributed by atoms with Crippen LogP contribution in [-0.4, -0.2) is 23.1 Å². The van der Waals surface area contributed by atoms with Crippen molar-refractivity contribution in [3.05, 3.63) is 23.8 Å². The predicted molar refractivity (Wildman–Crippen MR) is 80.4 cm³/mol. The third-order valence-corrected chi connectivity index (χ3v) is 4.44. The van der Waals surface area contributed by atoms with E-state index in [9.17, 15) is 0 Å². The Kier molecular flexibility index (Phi) is 5.49. The lowest BCUT2D eigenvalue weighted by Crippen LogP contribution is -2.30. The molecule has 1 atom stereocenters. The number of hydrogen-bond acceptors (Lipinski definition) is 4. The van der Waals surface area contributed by atoms with Crippen molar-refractivity contribution >= 4 is 0 Å². The van der Waals surface area contributed by atoms with Gasteiger partial charge in [0.1, 0.15) is 5.60 Å². The van der Waals surface area contributed by atoms with Gasteiger partial charge in [0.05, 0.1) is 0 Å². The minimum absolute atomic E-state index is 0.193. The van der Waals surface area contributed by atoms with Crippen LogP contribution < -0.4 is 5.73 Å². The molecule has 2 N–H and O–H groups in total. The Morgan fingerprint density at radius 1 is 1.20 bits per heavy atom. The zero-order valence-corrected chi connectivity index (χ0v) is 12.8. The maximum absolute atomic E-state index is 5.98. The van der Waals surface area contributed by atoms with E-state index < -0.39 is 0 Å². The summed E-state index contributed by atoms with van der Waals surface area (Å²) < 4.78 is 5.84. The highest BCUT2D eigenvalue weighted by molar-refractivity contribution is 5.11. The van der Waals surface area contributed by atoms with E-state index in [0.29, 0.717) is 0 Å². The van der Waals surface area contributed by atoms with Gasteiger partial charge in [-0.25, -0.2) is 9.97 Å². The molecule has 0 saturated heterocycles. The van der Waals surface area contributed by atoms with Gasteiger partial charge < -0.3 is 10.5 Å². The van der Waals surface area contributed by atoms with E-state index in [1.165, 1.54) is 25.7 Å². The van der Waals surface area contributed by atoms with Gasteiger partial charge in [0.15, 0.2) is 5.82 Å². The third kappa shape index (κ3) is 3.55. The van der Waals surface area contributed by atoms with Crippen molar-refractivity contribution < 1.29 is 4.74 Å². The summed E-state index contributed by atoms with van der Waals surface area (Å²) in [5.41, 5.74) is 6.82. The first-order valence-corrected chi connectivity index (χ1v) is 7.82. The van der Waals surface area contributed by atoms with Gasteiger partial charge in [0, 0.05) is 25.5 Å². The number of ether oxygens (including phenoxy) is 1. The summed E-state index contributed by atoms with van der Waals surface area (Å²) >= 11 is 0. The summed E-state index contributed by atoms with van der Waals surface area (Å²) in [7, 11) is 1.79. The van der Waals surface area contributed by atoms with E-state index in [4.69, 9.17) is 10.5 Å². The third-order valence-electron chi connectivity index (χ3n) is 4.44. The number of hydrogen-bond donors (Lipinski definition) is 1. The zero-order valence-electron chi connectivity index (χ0n) is 12.8. The van der Waals surface area contributed by atoms with Crippen LogP contribution in [0, 0.1) is 0 Å². The molecular weight excluding hydrogens is 250 g/mol. The molecule has 0 spiro atoms. The highest BCUT2D eigenvalue weighted by atomic mass is 16.5. The molecule has 2 rings (SSSR count). The largest absolute Gasteiger partial charge is 0.370 e. The van der Waals surface area contributed by atoms with Crippen LogP contribution in [0.1, 0.15) is 63.3 Å². The van der Waals surface area contributed by atoms with Gasteiger partial charge in [-0.15, -0.1) is 0 Å². The molecule has 0 bridgehead atoms. The van der Waals surface area contributed by atoms with Crippen LogP contribution in [0.5, 0.6) is 0 Å². The van der Waals surface area contributed by atoms with Gasteiger partial charge in [-0.05, 0) is 31.2 Å². The van der Waals surface area contributed by atoms with Gasteiger partial charge in [-0.3, -0.25) is 0 Å². The van der Waals surface area contributed by atoms with Crippen molar-refractivity contribution in [3.63, 3.8) is 0 Å². The van der Waals surface area contributed by atoms with E-state index in [1.807, 2.05) is 12.4 Å². The van der Waals surface area contributed by atoms with Crippen LogP contribution in [0.15, 0.2) is 12.4 Å². The molecule has 1 aliphatic rings. The molecule has 4 nitrogen and oxygen atoms in total. The quantitative estimate of drug-likeness (QED) is 0.841. The fourth-order valence-corrected chi connectivity index (χ4v) is 2.96. The van der Waals surface area contributed by atoms with E-state index >= 15 is 0 Å². The summed E-state index contributed by atoms with van der Waals surface area (Å²) in [6.45, 7) is 2.10. The SMILES string of the molecule is CCC(N)Cc1cnc(C2(OC)CCCCCC2)nc1. The van der Waals surface area contributed by atoms with Crippen LogP contribution in [-0.2, 0) is 16.8 Å². The van der Waals surface area contributed by atoms with E-state index in [2.05, 4.69) is 16.9 Å². The van der Waals surface area contributed by atoms with Crippen LogP contribution in [0.2, 0.25) is 0 Å². The average Bonchev–Trinajstić information content (AvgIpc) is 2.74. The van der Waals surface area contributed by atoms with E-state index in [-0.39, 0.29) is 11.6 Å². The molecule has 0 aromatic carbocycles. The lowest BCUT2D eigenvalue weighted by molar-refractivity contribution is -0.0352. The smallest absolute Gasteiger partial charge is 0.160 e. The molecule has 1 aromatic heterocycles. The fraction of sp³-hybridized carbons (Fsp3) is 0.750. The Bertz CT molecular complexity index is 397. The molecule has 1 aliphatic carbocycles. The maximum atomic E-state index is 5.98. The highest BCUT2D eigenvalue weighted by Crippen LogP contribution is 2.36. The van der Waals surface area contributed by atoms with Gasteiger partial charge in [0.25, 0.3) is 0 Å². The molecule has 112 valence electrons. The summed E-state index contributed by atoms with van der Waals surface area (Å²) in [4.78, 5) is 9.17. The predicted octanol–water partition coefficient (Wildman–Crippen LogP) is 2.95. The van der Waals surface area contributed by atoms with Crippen molar-refractivity contribution in [2.45, 2.75) is 69.9 Å². The summed E-state index contributed by atoms with van der Waals surface area (Å²) in [5, 5.41) is 0. The van der Waals surface area contributed by atoms with E-state index in [1.54, 1.807) is 7.11 Å². The molecular formula is C16H27N3O. The van der Waals surface area contributed by atoms with Crippen molar-refractivity contribution in [2.75, 3.05) is 7.11 Å². The second-order valence-corrected chi connectivity index (χ2v) is 5.90. The Balaban J connectivity index is 2.14. The highest BCUT2D eigenvalue weighted by Gasteiger charge is 2.35. The molecule has 1 aromatic rings. The number of methoxy groups -OCH3 is 1. The van der Waals surface area contributed by atoms with Crippen LogP contribution in [0.3, 0.4) is 0 Å². The first-order valence-electron chi connectivity index (χ1n) is 7.82. The number of nitrogens with two attached hydrogens (primary N) is 1. The Hall–Kier alpha value is -1.00. The normalized spacial score (nSPS) is 20.4. The standard InChI is InChI=1S/C16H27N3O/c1-3-14(17)10-13-11-18-15(19-12-13)16(20-2)8-6-4-5-7-9-16/h11-12,14H,3-10,17H2,1-2H3. The van der Waals surface area contributed by atoms with Crippen LogP contribution in [0.25, 0.3) is 0 Å². The number of nitrogens with zero attached hydrogens (tertiary/aromatic N) is 2. The summed E-state index contributed by atoms with van der Waals surface area (Å²) in [5.74, 6) is 0.843. The molecule has 1 unspecified atom stereocenters. The van der Waals surface area contributed by atoms with Crippen molar-refractivity contribution in [1.29, 1.82) is 0 Å². The Morgan fingerprint density at radius 2 is 1.80 bits per heavy atom. The Labute approximate surface area is 122 Å². The molecule has 1 saturated carbocycles. The molecule has 4 heteroatoms. The summed E-state index contributed by atoms with van der Waals surface area (Å²) in [6, 6.07) is 0.193. The van der Waals surface area contributed by atoms with Crippen LogP contribution in [0.4, 0.5) is 0 Å². The minimum Gasteiger partial charge on any atom is -0.370 e. The zero-order chi connectivity index (χ0) is 14.4. The first kappa shape index (κ1) is 15.4. The topological polar surface area (TPSA) is 61.0 Å². The van der Waals surface area contributed by atoms with Crippen molar-refractivity contribution in [2.24, 2.45) is 5.73 Å². The average molecular weight is 277 g/mol. The second-order valence-electron chi connectivity index (χ2n) is 5.90. The Morgan fingerprint density at radius 3 is 2.30 bits per heavy atom. The molecule has 1 heterocycles. The molecule has 0 amide bonds. The first-order chi connectivity index (χ1) is 9.70. The lowest BCUT2D eigenvalue weighted by atomic mass is 9.93. The van der Waals surface area contributed by atoms with Gasteiger partial charge in [-0.2, -0.15) is 0 Å². The molecule has 0 aliphatic heterocycles. The summed E-state index contributed by atoms with van der Waals surface area (Å²) in [6.07, 6.45) is 12.7. The molecule has 20 heavy (non-hydrogen) atoms. The van der Waals surface area contributed by atoms with Gasteiger partial charge in [-0.1, -0.05) is 32.6 Å². The fourth-order valence-electron chi connectivity index (χ4n) is 2.96. The second kappa shape index (κ2) is 7.14. The maximum Gasteiger partial charge on any atom is 0.160 e. The number of aromatic nitrogens is 2. The van der Waals surface area contributed by atoms with Gasteiger partial charge in [0.2, 0.25) is 0 Å². The van der Waals surface area contributed by atoms with E-state index in [0.717, 1.165) is 37.1 Å². The number of rotatable bonds is 5. The van der Waals surface area contributed by atoms with Crippen LogP contribution >= 0.6 is 0 Å². The monoisotopic (exact) mass is 277 g/mol. The lowest BCUT2D eigenvalue weighted by Gasteiger charge is -2.29. The van der Waals surface area contributed by atoms with Crippen molar-refractivity contribution in [1.82, 2.24) is 9.97 Å². The van der Waals surface area contributed by atoms with Crippen molar-refractivity contribution in [3.8, 4) is 0 Å². The van der Waals surface area contributed by atoms with Gasteiger partial charge >= 0.3 is 0 Å². The molecule has 1 fully saturated rings.